The number of nitrogens with one attached hydrogen (secondary N) is 1. The molecule has 2 aromatic rings. The molecule has 1 saturated carbocycles. The number of halogens is 1. The molecule has 11 heteroatoms. The predicted octanol–water partition coefficient (Wildman–Crippen LogP) is 2.17. The maximum absolute atomic E-state index is 14.4. The van der Waals surface area contributed by atoms with Gasteiger partial charge in [-0.2, -0.15) is 4.98 Å². The van der Waals surface area contributed by atoms with Gasteiger partial charge in [0.15, 0.2) is 9.84 Å². The molecule has 3 aliphatic rings. The topological polar surface area (TPSA) is 109 Å². The zero-order valence-corrected chi connectivity index (χ0v) is 18.6. The summed E-state index contributed by atoms with van der Waals surface area (Å²) in [6.45, 7) is 2.10. The summed E-state index contributed by atoms with van der Waals surface area (Å²) in [7, 11) is -3.49. The molecule has 1 amide bonds. The van der Waals surface area contributed by atoms with Gasteiger partial charge in [-0.15, -0.1) is 0 Å². The number of hydrogen-bond acceptors (Lipinski definition) is 8. The monoisotopic (exact) mass is 463 g/mol. The summed E-state index contributed by atoms with van der Waals surface area (Å²) >= 11 is 0. The number of nitrogens with zero attached hydrogens (tertiary/aromatic N) is 4. The van der Waals surface area contributed by atoms with Crippen LogP contribution in [0.15, 0.2) is 27.6 Å². The third kappa shape index (κ3) is 4.17. The predicted molar refractivity (Wildman–Crippen MR) is 115 cm³/mol. The Kier molecular flexibility index (Phi) is 5.31. The van der Waals surface area contributed by atoms with Crippen molar-refractivity contribution < 1.29 is 22.1 Å². The maximum Gasteiger partial charge on any atom is 0.266 e. The summed E-state index contributed by atoms with van der Waals surface area (Å²) in [5.41, 5.74) is 0.135. The Labute approximate surface area is 185 Å². The molecule has 1 unspecified atom stereocenters. The molecule has 172 valence electrons. The van der Waals surface area contributed by atoms with E-state index in [0.717, 1.165) is 57.0 Å². The van der Waals surface area contributed by atoms with Crippen LogP contribution in [0.1, 0.15) is 43.9 Å². The highest BCUT2D eigenvalue weighted by atomic mass is 32.2. The minimum atomic E-state index is -3.49. The number of aromatic nitrogens is 2. The molecular weight excluding hydrogens is 437 g/mol. The molecule has 1 aromatic carbocycles. The van der Waals surface area contributed by atoms with Gasteiger partial charge in [0, 0.05) is 37.8 Å². The first kappa shape index (κ1) is 21.2. The van der Waals surface area contributed by atoms with Crippen molar-refractivity contribution in [2.45, 2.75) is 55.0 Å². The second-order valence-corrected chi connectivity index (χ2v) is 10.9. The van der Waals surface area contributed by atoms with Crippen molar-refractivity contribution in [2.24, 2.45) is 0 Å². The van der Waals surface area contributed by atoms with Gasteiger partial charge in [0.25, 0.3) is 5.95 Å². The standard InChI is InChI=1S/C21H26FN5O4S/c1-32(29,30)15-4-5-17(16(22)12-15)23-18-8-11-27(20(18)28)14-6-9-26(10-7-14)21-24-19(31-25-21)13-2-3-13/h4-5,12-14,18,23H,2-3,6-11H2,1H3. The normalized spacial score (nSPS) is 22.6. The summed E-state index contributed by atoms with van der Waals surface area (Å²) in [5, 5.41) is 7.06. The molecule has 1 aromatic heterocycles. The molecule has 32 heavy (non-hydrogen) atoms. The number of carbonyl (C=O) groups is 1. The summed E-state index contributed by atoms with van der Waals surface area (Å²) in [6.07, 6.45) is 5.45. The van der Waals surface area contributed by atoms with E-state index >= 15 is 0 Å². The van der Waals surface area contributed by atoms with Crippen molar-refractivity contribution in [3.05, 3.63) is 29.9 Å². The van der Waals surface area contributed by atoms with Gasteiger partial charge >= 0.3 is 0 Å². The molecule has 3 fully saturated rings. The van der Waals surface area contributed by atoms with Crippen LogP contribution in [0.5, 0.6) is 0 Å². The molecule has 1 atom stereocenters. The van der Waals surface area contributed by atoms with Crippen molar-refractivity contribution >= 4 is 27.4 Å². The fourth-order valence-corrected chi connectivity index (χ4v) is 5.09. The number of hydrogen-bond donors (Lipinski definition) is 1. The molecule has 2 aliphatic heterocycles. The van der Waals surface area contributed by atoms with E-state index in [1.807, 2.05) is 4.90 Å². The van der Waals surface area contributed by atoms with E-state index in [1.165, 1.54) is 12.1 Å². The zero-order chi connectivity index (χ0) is 22.5. The van der Waals surface area contributed by atoms with E-state index < -0.39 is 21.7 Å². The Morgan fingerprint density at radius 1 is 1.12 bits per heavy atom. The Hall–Kier alpha value is -2.69. The molecular formula is C21H26FN5O4S. The zero-order valence-electron chi connectivity index (χ0n) is 17.8. The van der Waals surface area contributed by atoms with Crippen LogP contribution in [0.4, 0.5) is 16.0 Å². The molecule has 0 radical (unpaired) electrons. The third-order valence-electron chi connectivity index (χ3n) is 6.48. The van der Waals surface area contributed by atoms with Gasteiger partial charge in [0.05, 0.1) is 10.6 Å². The fraction of sp³-hybridized carbons (Fsp3) is 0.571. The molecule has 0 bridgehead atoms. The van der Waals surface area contributed by atoms with Crippen molar-refractivity contribution in [3.63, 3.8) is 0 Å². The van der Waals surface area contributed by atoms with E-state index in [2.05, 4.69) is 20.4 Å². The summed E-state index contributed by atoms with van der Waals surface area (Å²) in [6, 6.07) is 3.31. The number of carbonyl (C=O) groups excluding carboxylic acids is 1. The van der Waals surface area contributed by atoms with Gasteiger partial charge in [0.1, 0.15) is 11.9 Å². The fourth-order valence-electron chi connectivity index (χ4n) is 4.46. The highest BCUT2D eigenvalue weighted by Gasteiger charge is 2.38. The van der Waals surface area contributed by atoms with Crippen LogP contribution < -0.4 is 10.2 Å². The number of benzene rings is 1. The van der Waals surface area contributed by atoms with Gasteiger partial charge in [-0.05, 0) is 55.5 Å². The second-order valence-electron chi connectivity index (χ2n) is 8.86. The van der Waals surface area contributed by atoms with Crippen LogP contribution in [0.3, 0.4) is 0 Å². The van der Waals surface area contributed by atoms with Gasteiger partial charge in [-0.3, -0.25) is 4.79 Å². The lowest BCUT2D eigenvalue weighted by molar-refractivity contribution is -0.130. The summed E-state index contributed by atoms with van der Waals surface area (Å²) in [5.74, 6) is 1.05. The highest BCUT2D eigenvalue weighted by molar-refractivity contribution is 7.90. The molecule has 9 nitrogen and oxygen atoms in total. The van der Waals surface area contributed by atoms with Crippen LogP contribution in [-0.2, 0) is 14.6 Å². The number of sulfone groups is 1. The Morgan fingerprint density at radius 3 is 2.53 bits per heavy atom. The lowest BCUT2D eigenvalue weighted by Crippen LogP contribution is -2.47. The lowest BCUT2D eigenvalue weighted by Gasteiger charge is -2.36. The average molecular weight is 464 g/mol. The number of piperidine rings is 1. The van der Waals surface area contributed by atoms with Crippen LogP contribution in [-0.4, -0.2) is 67.3 Å². The average Bonchev–Trinajstić information content (AvgIpc) is 3.38. The van der Waals surface area contributed by atoms with Gasteiger partial charge < -0.3 is 19.6 Å². The number of likely N-dealkylation sites (tertiary alicyclic amines) is 1. The SMILES string of the molecule is CS(=O)(=O)c1ccc(NC2CCN(C3CCN(c4noc(C5CC5)n4)CC3)C2=O)c(F)c1. The Balaban J connectivity index is 1.18. The smallest absolute Gasteiger partial charge is 0.266 e. The van der Waals surface area contributed by atoms with E-state index in [0.29, 0.717) is 24.8 Å². The lowest BCUT2D eigenvalue weighted by atomic mass is 10.0. The molecule has 1 N–H and O–H groups in total. The molecule has 3 heterocycles. The van der Waals surface area contributed by atoms with Crippen molar-refractivity contribution in [1.29, 1.82) is 0 Å². The molecule has 5 rings (SSSR count). The van der Waals surface area contributed by atoms with E-state index in [1.54, 1.807) is 0 Å². The summed E-state index contributed by atoms with van der Waals surface area (Å²) < 4.78 is 42.9. The van der Waals surface area contributed by atoms with Crippen molar-refractivity contribution in [3.8, 4) is 0 Å². The third-order valence-corrected chi connectivity index (χ3v) is 7.59. The number of anilines is 2. The molecule has 0 spiro atoms. The van der Waals surface area contributed by atoms with Crippen LogP contribution >= 0.6 is 0 Å². The van der Waals surface area contributed by atoms with Crippen molar-refractivity contribution in [1.82, 2.24) is 15.0 Å². The first-order valence-electron chi connectivity index (χ1n) is 10.9. The molecule has 1 aliphatic carbocycles. The largest absolute Gasteiger partial charge is 0.371 e. The van der Waals surface area contributed by atoms with E-state index in [9.17, 15) is 17.6 Å². The van der Waals surface area contributed by atoms with Gasteiger partial charge in [-0.25, -0.2) is 12.8 Å². The Morgan fingerprint density at radius 2 is 1.88 bits per heavy atom. The molecule has 2 saturated heterocycles. The van der Waals surface area contributed by atoms with Crippen LogP contribution in [0, 0.1) is 5.82 Å². The van der Waals surface area contributed by atoms with Crippen LogP contribution in [0.25, 0.3) is 0 Å². The number of amides is 1. The van der Waals surface area contributed by atoms with E-state index in [-0.39, 0.29) is 22.5 Å². The minimum absolute atomic E-state index is 0.0504. The van der Waals surface area contributed by atoms with Gasteiger partial charge in [0.2, 0.25) is 11.8 Å². The Bertz CT molecular complexity index is 1120. The first-order chi connectivity index (χ1) is 15.3. The number of rotatable bonds is 6. The van der Waals surface area contributed by atoms with Crippen LogP contribution in [0.2, 0.25) is 0 Å². The maximum atomic E-state index is 14.4. The van der Waals surface area contributed by atoms with Crippen molar-refractivity contribution in [2.75, 3.05) is 36.1 Å². The van der Waals surface area contributed by atoms with E-state index in [4.69, 9.17) is 4.52 Å². The highest BCUT2D eigenvalue weighted by Crippen LogP contribution is 2.39. The quantitative estimate of drug-likeness (QED) is 0.694. The first-order valence-corrected chi connectivity index (χ1v) is 12.8. The van der Waals surface area contributed by atoms with Gasteiger partial charge in [-0.1, -0.05) is 0 Å². The minimum Gasteiger partial charge on any atom is -0.371 e. The summed E-state index contributed by atoms with van der Waals surface area (Å²) in [4.78, 5) is 21.4. The second kappa shape index (κ2) is 8.02.